The second-order valence-corrected chi connectivity index (χ2v) is 7.91. The summed E-state index contributed by atoms with van der Waals surface area (Å²) in [6, 6.07) is 7.84. The Kier molecular flexibility index (Phi) is 6.62. The van der Waals surface area contributed by atoms with Gasteiger partial charge in [0, 0.05) is 32.7 Å². The van der Waals surface area contributed by atoms with E-state index in [1.54, 1.807) is 35.2 Å². The van der Waals surface area contributed by atoms with Crippen molar-refractivity contribution in [2.45, 2.75) is 30.2 Å². The topological polar surface area (TPSA) is 69.7 Å². The molecule has 2 heterocycles. The lowest BCUT2D eigenvalue weighted by Crippen LogP contribution is -2.56. The van der Waals surface area contributed by atoms with Crippen LogP contribution in [0.4, 0.5) is 0 Å². The Bertz CT molecular complexity index is 648. The van der Waals surface area contributed by atoms with Crippen LogP contribution in [0.3, 0.4) is 0 Å². The van der Waals surface area contributed by atoms with Crippen molar-refractivity contribution in [2.24, 2.45) is 0 Å². The monoisotopic (exact) mass is 373 g/mol. The Labute approximate surface area is 149 Å². The molecule has 2 saturated heterocycles. The van der Waals surface area contributed by atoms with Gasteiger partial charge in [-0.05, 0) is 25.0 Å². The number of carbonyl (C=O) groups excluding carboxylic acids is 1. The van der Waals surface area contributed by atoms with Crippen molar-refractivity contribution in [1.82, 2.24) is 14.5 Å². The fourth-order valence-corrected chi connectivity index (χ4v) is 4.94. The van der Waals surface area contributed by atoms with Crippen molar-refractivity contribution in [2.75, 3.05) is 32.7 Å². The van der Waals surface area contributed by atoms with Gasteiger partial charge in [-0.1, -0.05) is 24.6 Å². The molecule has 2 fully saturated rings. The highest BCUT2D eigenvalue weighted by molar-refractivity contribution is 7.89. The first-order chi connectivity index (χ1) is 11.1. The van der Waals surface area contributed by atoms with Crippen LogP contribution in [0.5, 0.6) is 0 Å². The maximum Gasteiger partial charge on any atom is 0.243 e. The first-order valence-corrected chi connectivity index (χ1v) is 9.61. The van der Waals surface area contributed by atoms with Crippen molar-refractivity contribution in [3.63, 3.8) is 0 Å². The molecule has 6 nitrogen and oxygen atoms in total. The van der Waals surface area contributed by atoms with Crippen molar-refractivity contribution in [3.05, 3.63) is 30.3 Å². The molecule has 0 radical (unpaired) electrons. The van der Waals surface area contributed by atoms with Gasteiger partial charge in [0.05, 0.1) is 4.90 Å². The van der Waals surface area contributed by atoms with E-state index in [9.17, 15) is 13.2 Å². The molecule has 0 saturated carbocycles. The summed E-state index contributed by atoms with van der Waals surface area (Å²) >= 11 is 0. The van der Waals surface area contributed by atoms with E-state index in [-0.39, 0.29) is 23.2 Å². The van der Waals surface area contributed by atoms with E-state index in [1.165, 1.54) is 4.31 Å². The Morgan fingerprint density at radius 2 is 1.71 bits per heavy atom. The molecule has 1 aromatic carbocycles. The van der Waals surface area contributed by atoms with Crippen LogP contribution in [0.25, 0.3) is 0 Å². The molecule has 1 unspecified atom stereocenters. The van der Waals surface area contributed by atoms with Gasteiger partial charge in [0.2, 0.25) is 15.9 Å². The lowest BCUT2D eigenvalue weighted by molar-refractivity contribution is -0.136. The minimum absolute atomic E-state index is 0. The largest absolute Gasteiger partial charge is 0.339 e. The molecule has 3 rings (SSSR count). The van der Waals surface area contributed by atoms with Gasteiger partial charge in [0.25, 0.3) is 0 Å². The molecular weight excluding hydrogens is 350 g/mol. The highest BCUT2D eigenvalue weighted by atomic mass is 35.5. The van der Waals surface area contributed by atoms with E-state index >= 15 is 0 Å². The Balaban J connectivity index is 0.00000208. The summed E-state index contributed by atoms with van der Waals surface area (Å²) in [5, 5.41) is 3.21. The molecule has 0 aromatic heterocycles. The average molecular weight is 374 g/mol. The zero-order valence-electron chi connectivity index (χ0n) is 13.6. The molecule has 1 N–H and O–H groups in total. The number of piperazine rings is 1. The van der Waals surface area contributed by atoms with Gasteiger partial charge >= 0.3 is 0 Å². The fraction of sp³-hybridized carbons (Fsp3) is 0.562. The van der Waals surface area contributed by atoms with Crippen LogP contribution >= 0.6 is 12.4 Å². The number of benzene rings is 1. The molecule has 1 aromatic rings. The number of hydrogen-bond donors (Lipinski definition) is 1. The maximum absolute atomic E-state index is 12.9. The van der Waals surface area contributed by atoms with Crippen molar-refractivity contribution < 1.29 is 13.2 Å². The minimum atomic E-state index is -3.62. The summed E-state index contributed by atoms with van der Waals surface area (Å²) in [5.41, 5.74) is 0. The van der Waals surface area contributed by atoms with Crippen molar-refractivity contribution in [3.8, 4) is 0 Å². The summed E-state index contributed by atoms with van der Waals surface area (Å²) in [5.74, 6) is -0.0503. The Morgan fingerprint density at radius 3 is 2.38 bits per heavy atom. The molecule has 2 aliphatic rings. The molecule has 1 amide bonds. The number of carbonyl (C=O) groups is 1. The highest BCUT2D eigenvalue weighted by Crippen LogP contribution is 2.26. The maximum atomic E-state index is 12.9. The summed E-state index contributed by atoms with van der Waals surface area (Å²) in [7, 11) is -3.62. The van der Waals surface area contributed by atoms with E-state index in [0.717, 1.165) is 25.9 Å². The molecule has 24 heavy (non-hydrogen) atoms. The van der Waals surface area contributed by atoms with Crippen LogP contribution < -0.4 is 5.32 Å². The van der Waals surface area contributed by atoms with Gasteiger partial charge in [0.1, 0.15) is 6.04 Å². The van der Waals surface area contributed by atoms with Crippen LogP contribution in [0.2, 0.25) is 0 Å². The molecule has 134 valence electrons. The lowest BCUT2D eigenvalue weighted by Gasteiger charge is -2.38. The molecule has 0 aliphatic carbocycles. The number of amides is 1. The van der Waals surface area contributed by atoms with Gasteiger partial charge in [0.15, 0.2) is 0 Å². The van der Waals surface area contributed by atoms with Crippen molar-refractivity contribution in [1.29, 1.82) is 0 Å². The Hall–Kier alpha value is -1.15. The number of nitrogens with zero attached hydrogens (tertiary/aromatic N) is 2. The van der Waals surface area contributed by atoms with Gasteiger partial charge in [-0.3, -0.25) is 4.79 Å². The van der Waals surface area contributed by atoms with E-state index in [4.69, 9.17) is 0 Å². The summed E-state index contributed by atoms with van der Waals surface area (Å²) in [6.45, 7) is 3.25. The highest BCUT2D eigenvalue weighted by Gasteiger charge is 2.39. The van der Waals surface area contributed by atoms with Crippen molar-refractivity contribution >= 4 is 28.3 Å². The quantitative estimate of drug-likeness (QED) is 0.860. The number of hydrogen-bond acceptors (Lipinski definition) is 4. The normalized spacial score (nSPS) is 22.7. The second-order valence-electron chi connectivity index (χ2n) is 6.02. The molecule has 0 bridgehead atoms. The molecule has 0 spiro atoms. The average Bonchev–Trinajstić information content (AvgIpc) is 2.62. The Morgan fingerprint density at radius 1 is 1.04 bits per heavy atom. The fourth-order valence-electron chi connectivity index (χ4n) is 3.26. The number of sulfonamides is 1. The zero-order chi connectivity index (χ0) is 16.3. The molecule has 2 aliphatic heterocycles. The number of piperidine rings is 1. The summed E-state index contributed by atoms with van der Waals surface area (Å²) < 4.78 is 27.3. The summed E-state index contributed by atoms with van der Waals surface area (Å²) in [4.78, 5) is 14.9. The predicted molar refractivity (Wildman–Crippen MR) is 94.7 cm³/mol. The van der Waals surface area contributed by atoms with Crippen LogP contribution in [0, 0.1) is 0 Å². The third-order valence-corrected chi connectivity index (χ3v) is 6.44. The SMILES string of the molecule is Cl.O=C(C1CCCCN1S(=O)(=O)c1ccccc1)N1CCNCC1. The van der Waals surface area contributed by atoms with E-state index in [1.807, 2.05) is 0 Å². The minimum Gasteiger partial charge on any atom is -0.339 e. The number of rotatable bonds is 3. The van der Waals surface area contributed by atoms with E-state index in [2.05, 4.69) is 5.32 Å². The second kappa shape index (κ2) is 8.29. The first-order valence-electron chi connectivity index (χ1n) is 8.17. The van der Waals surface area contributed by atoms with Gasteiger partial charge in [-0.15, -0.1) is 12.4 Å². The molecule has 8 heteroatoms. The molecular formula is C16H24ClN3O3S. The van der Waals surface area contributed by atoms with E-state index < -0.39 is 16.1 Å². The smallest absolute Gasteiger partial charge is 0.243 e. The standard InChI is InChI=1S/C16H23N3O3S.ClH/c20-16(18-12-9-17-10-13-18)15-8-4-5-11-19(15)23(21,22)14-6-2-1-3-7-14;/h1-3,6-7,15,17H,4-5,8-13H2;1H. The number of halogens is 1. The third-order valence-electron chi connectivity index (χ3n) is 4.52. The number of nitrogens with one attached hydrogen (secondary N) is 1. The van der Waals surface area contributed by atoms with Gasteiger partial charge in [-0.25, -0.2) is 8.42 Å². The predicted octanol–water partition coefficient (Wildman–Crippen LogP) is 1.08. The van der Waals surface area contributed by atoms with E-state index in [0.29, 0.717) is 26.1 Å². The van der Waals surface area contributed by atoms with Crippen LogP contribution in [-0.2, 0) is 14.8 Å². The van der Waals surface area contributed by atoms with Crippen LogP contribution in [0.15, 0.2) is 35.2 Å². The van der Waals surface area contributed by atoms with Crippen LogP contribution in [-0.4, -0.2) is 62.3 Å². The first kappa shape index (κ1) is 19.2. The van der Waals surface area contributed by atoms with Crippen LogP contribution in [0.1, 0.15) is 19.3 Å². The zero-order valence-corrected chi connectivity index (χ0v) is 15.2. The van der Waals surface area contributed by atoms with Gasteiger partial charge < -0.3 is 10.2 Å². The summed E-state index contributed by atoms with van der Waals surface area (Å²) in [6.07, 6.45) is 2.30. The third kappa shape index (κ3) is 3.91. The molecule has 1 atom stereocenters. The lowest BCUT2D eigenvalue weighted by atomic mass is 10.0. The van der Waals surface area contributed by atoms with Gasteiger partial charge in [-0.2, -0.15) is 4.31 Å².